The van der Waals surface area contributed by atoms with E-state index < -0.39 is 41.6 Å². The summed E-state index contributed by atoms with van der Waals surface area (Å²) in [6, 6.07) is 6.60. The Morgan fingerprint density at radius 3 is 2.54 bits per heavy atom. The molecule has 1 heterocycles. The Bertz CT molecular complexity index is 1210. The highest BCUT2D eigenvalue weighted by Crippen LogP contribution is 2.32. The van der Waals surface area contributed by atoms with E-state index in [1.54, 1.807) is 17.9 Å². The van der Waals surface area contributed by atoms with Crippen LogP contribution in [0.4, 0.5) is 33.3 Å². The number of anilines is 2. The van der Waals surface area contributed by atoms with Crippen molar-refractivity contribution in [2.75, 3.05) is 42.9 Å². The lowest BCUT2D eigenvalue weighted by Crippen LogP contribution is -2.52. The highest BCUT2D eigenvalue weighted by molar-refractivity contribution is 6.31. The number of halogens is 6. The van der Waals surface area contributed by atoms with Crippen LogP contribution < -0.4 is 20.9 Å². The minimum absolute atomic E-state index is 0.127. The molecule has 212 valence electrons. The van der Waals surface area contributed by atoms with Crippen LogP contribution in [0.3, 0.4) is 0 Å². The van der Waals surface area contributed by atoms with Gasteiger partial charge in [0.1, 0.15) is 0 Å². The molecule has 3 N–H and O–H groups in total. The van der Waals surface area contributed by atoms with Gasteiger partial charge in [0.25, 0.3) is 5.91 Å². The van der Waals surface area contributed by atoms with Crippen molar-refractivity contribution in [1.82, 2.24) is 15.5 Å². The van der Waals surface area contributed by atoms with Gasteiger partial charge in [-0.2, -0.15) is 13.2 Å². The lowest BCUT2D eigenvalue weighted by molar-refractivity contribution is -0.139. The van der Waals surface area contributed by atoms with Gasteiger partial charge in [0, 0.05) is 49.4 Å². The van der Waals surface area contributed by atoms with E-state index >= 15 is 0 Å². The molecular formula is C25H27ClF5N5O3. The first-order valence-corrected chi connectivity index (χ1v) is 12.3. The second-order valence-corrected chi connectivity index (χ2v) is 9.42. The van der Waals surface area contributed by atoms with Gasteiger partial charge in [0.15, 0.2) is 11.6 Å². The van der Waals surface area contributed by atoms with Gasteiger partial charge in [0.2, 0.25) is 12.3 Å². The molecule has 2 aromatic carbocycles. The van der Waals surface area contributed by atoms with E-state index in [1.165, 1.54) is 12.1 Å². The number of carbonyl (C=O) groups is 3. The van der Waals surface area contributed by atoms with Crippen LogP contribution in [0.15, 0.2) is 30.3 Å². The monoisotopic (exact) mass is 575 g/mol. The number of amides is 3. The average Bonchev–Trinajstić information content (AvgIpc) is 2.88. The van der Waals surface area contributed by atoms with E-state index in [-0.39, 0.29) is 36.9 Å². The number of nitrogens with one attached hydrogen (secondary N) is 3. The van der Waals surface area contributed by atoms with Crippen molar-refractivity contribution in [1.29, 1.82) is 0 Å². The largest absolute Gasteiger partial charge is 0.390 e. The Balaban J connectivity index is 1.72. The molecule has 0 aromatic heterocycles. The van der Waals surface area contributed by atoms with Crippen molar-refractivity contribution in [3.8, 4) is 0 Å². The second-order valence-electron chi connectivity index (χ2n) is 8.99. The molecule has 1 saturated heterocycles. The first kappa shape index (κ1) is 30.1. The third-order valence-electron chi connectivity index (χ3n) is 6.23. The third kappa shape index (κ3) is 8.27. The van der Waals surface area contributed by atoms with Gasteiger partial charge in [-0.3, -0.25) is 19.3 Å². The van der Waals surface area contributed by atoms with Crippen molar-refractivity contribution in [2.24, 2.45) is 0 Å². The summed E-state index contributed by atoms with van der Waals surface area (Å²) in [5, 5.41) is 7.37. The van der Waals surface area contributed by atoms with Gasteiger partial charge >= 0.3 is 6.18 Å². The molecule has 1 aliphatic heterocycles. The van der Waals surface area contributed by atoms with Crippen LogP contribution in [0.5, 0.6) is 0 Å². The highest BCUT2D eigenvalue weighted by Gasteiger charge is 2.31. The lowest BCUT2D eigenvalue weighted by atomic mass is 10.1. The molecular weight excluding hydrogens is 549 g/mol. The zero-order valence-corrected chi connectivity index (χ0v) is 21.6. The van der Waals surface area contributed by atoms with Crippen LogP contribution in [0.25, 0.3) is 0 Å². The number of alkyl halides is 3. The number of nitrogens with zero attached hydrogens (tertiary/aromatic N) is 2. The number of benzene rings is 2. The maximum Gasteiger partial charge on any atom is 0.390 e. The van der Waals surface area contributed by atoms with Crippen molar-refractivity contribution < 1.29 is 36.3 Å². The Hall–Kier alpha value is -3.45. The number of piperazine rings is 1. The molecule has 1 atom stereocenters. The van der Waals surface area contributed by atoms with E-state index in [4.69, 9.17) is 11.6 Å². The van der Waals surface area contributed by atoms with Crippen LogP contribution in [0, 0.1) is 11.6 Å². The molecule has 1 fully saturated rings. The van der Waals surface area contributed by atoms with E-state index in [9.17, 15) is 36.3 Å². The molecule has 2 aromatic rings. The summed E-state index contributed by atoms with van der Waals surface area (Å²) >= 11 is 6.16. The maximum absolute atomic E-state index is 14.8. The van der Waals surface area contributed by atoms with Crippen LogP contribution in [-0.2, 0) is 16.1 Å². The number of carbonyl (C=O) groups excluding carboxylic acids is 3. The third-order valence-corrected chi connectivity index (χ3v) is 6.46. The predicted molar refractivity (Wildman–Crippen MR) is 136 cm³/mol. The summed E-state index contributed by atoms with van der Waals surface area (Å²) in [5.41, 5.74) is -0.0222. The minimum Gasteiger partial charge on any atom is -0.367 e. The van der Waals surface area contributed by atoms with Crippen LogP contribution >= 0.6 is 11.6 Å². The topological polar surface area (TPSA) is 93.8 Å². The van der Waals surface area contributed by atoms with Crippen molar-refractivity contribution >= 4 is 41.2 Å². The predicted octanol–water partition coefficient (Wildman–Crippen LogP) is 3.70. The van der Waals surface area contributed by atoms with Gasteiger partial charge in [-0.15, -0.1) is 0 Å². The Kier molecular flexibility index (Phi) is 10.1. The first-order valence-electron chi connectivity index (χ1n) is 12.0. The minimum atomic E-state index is -4.25. The Labute approximate surface area is 226 Å². The van der Waals surface area contributed by atoms with E-state index in [2.05, 4.69) is 16.0 Å². The number of rotatable bonds is 10. The molecule has 0 spiro atoms. The summed E-state index contributed by atoms with van der Waals surface area (Å²) in [4.78, 5) is 38.3. The molecule has 1 aliphatic rings. The summed E-state index contributed by atoms with van der Waals surface area (Å²) < 4.78 is 67.4. The van der Waals surface area contributed by atoms with E-state index in [0.717, 1.165) is 12.1 Å². The fourth-order valence-electron chi connectivity index (χ4n) is 4.17. The van der Waals surface area contributed by atoms with Crippen LogP contribution in [0.2, 0.25) is 5.02 Å². The number of hydrogen-bond acceptors (Lipinski definition) is 5. The maximum atomic E-state index is 14.8. The molecule has 8 nitrogen and oxygen atoms in total. The molecule has 3 amide bonds. The SMILES string of the molecule is C[C@@H]1CN(c2cc(Cl)ccc2NC(=O)c2ccc(CNC(=O)CNC=O)c(F)c2F)CCN1CCC(F)(F)F. The Morgan fingerprint density at radius 1 is 1.13 bits per heavy atom. The zero-order valence-electron chi connectivity index (χ0n) is 20.9. The zero-order chi connectivity index (χ0) is 28.7. The average molecular weight is 576 g/mol. The van der Waals surface area contributed by atoms with Gasteiger partial charge in [0.05, 0.1) is 29.9 Å². The molecule has 0 saturated carbocycles. The molecule has 0 aliphatic carbocycles. The summed E-state index contributed by atoms with van der Waals surface area (Å²) in [7, 11) is 0. The second kappa shape index (κ2) is 13.1. The standard InChI is InChI=1S/C25H27ClF5N5O3/c1-15-13-36(9-8-35(15)7-6-25(29,30)31)20-10-17(26)3-5-19(20)34-24(39)18-4-2-16(22(27)23(18)28)11-33-21(38)12-32-14-37/h2-5,10,14-15H,6-9,11-13H2,1H3,(H,32,37)(H,33,38)(H,34,39)/t15-/m1/s1. The Morgan fingerprint density at radius 2 is 1.87 bits per heavy atom. The van der Waals surface area contributed by atoms with Gasteiger partial charge in [-0.05, 0) is 31.2 Å². The number of hydrogen-bond donors (Lipinski definition) is 3. The van der Waals surface area contributed by atoms with E-state index in [0.29, 0.717) is 36.8 Å². The van der Waals surface area contributed by atoms with Crippen LogP contribution in [-0.4, -0.2) is 68.1 Å². The quantitative estimate of drug-likeness (QED) is 0.297. The first-order chi connectivity index (χ1) is 18.4. The van der Waals surface area contributed by atoms with Gasteiger partial charge in [-0.25, -0.2) is 8.78 Å². The van der Waals surface area contributed by atoms with Crippen molar-refractivity contribution in [3.05, 3.63) is 58.1 Å². The molecule has 0 unspecified atom stereocenters. The molecule has 39 heavy (non-hydrogen) atoms. The molecule has 0 radical (unpaired) electrons. The van der Waals surface area contributed by atoms with Gasteiger partial charge < -0.3 is 20.9 Å². The molecule has 0 bridgehead atoms. The lowest BCUT2D eigenvalue weighted by Gasteiger charge is -2.41. The fourth-order valence-corrected chi connectivity index (χ4v) is 4.34. The molecule has 14 heteroatoms. The van der Waals surface area contributed by atoms with Crippen LogP contribution in [0.1, 0.15) is 29.3 Å². The molecule has 3 rings (SSSR count). The van der Waals surface area contributed by atoms with Gasteiger partial charge in [-0.1, -0.05) is 17.7 Å². The highest BCUT2D eigenvalue weighted by atomic mass is 35.5. The van der Waals surface area contributed by atoms with Crippen molar-refractivity contribution in [3.63, 3.8) is 0 Å². The summed E-state index contributed by atoms with van der Waals surface area (Å²) in [6.07, 6.45) is -4.85. The fraction of sp³-hybridized carbons (Fsp3) is 0.400. The summed E-state index contributed by atoms with van der Waals surface area (Å²) in [5.74, 6) is -4.27. The van der Waals surface area contributed by atoms with Crippen molar-refractivity contribution in [2.45, 2.75) is 32.1 Å². The van der Waals surface area contributed by atoms with E-state index in [1.807, 2.05) is 4.90 Å². The normalized spacial score (nSPS) is 16.1. The smallest absolute Gasteiger partial charge is 0.367 e. The summed E-state index contributed by atoms with van der Waals surface area (Å²) in [6.45, 7) is 2.03.